The fraction of sp³-hybridized carbons (Fsp3) is 0.389. The van der Waals surface area contributed by atoms with Gasteiger partial charge in [-0.3, -0.25) is 9.48 Å². The fourth-order valence-corrected chi connectivity index (χ4v) is 2.84. The van der Waals surface area contributed by atoms with E-state index in [1.165, 1.54) is 11.1 Å². The largest absolute Gasteiger partial charge is 0.349 e. The number of amides is 3. The van der Waals surface area contributed by atoms with E-state index in [1.54, 1.807) is 4.68 Å². The summed E-state index contributed by atoms with van der Waals surface area (Å²) in [6.45, 7) is 4.59. The van der Waals surface area contributed by atoms with Crippen LogP contribution < -0.4 is 10.6 Å². The summed E-state index contributed by atoms with van der Waals surface area (Å²) in [5.41, 5.74) is 0.741. The van der Waals surface area contributed by atoms with Crippen molar-refractivity contribution in [2.45, 2.75) is 39.4 Å². The Bertz CT molecular complexity index is 892. The minimum absolute atomic E-state index is 0.00527. The van der Waals surface area contributed by atoms with Crippen molar-refractivity contribution in [3.05, 3.63) is 47.0 Å². The second-order valence-corrected chi connectivity index (χ2v) is 6.62. The van der Waals surface area contributed by atoms with Crippen LogP contribution in [0.4, 0.5) is 23.7 Å². The average Bonchev–Trinajstić information content (AvgIpc) is 3.09. The van der Waals surface area contributed by atoms with E-state index in [0.717, 1.165) is 6.42 Å². The molecule has 0 bridgehead atoms. The molecule has 2 heterocycles. The SMILES string of the molecule is CC[C@@H](C)NC(=O)c1cnn2c1CN(C(=O)Nc1cc(F)c(F)c(F)c1)CC2. The first kappa shape index (κ1) is 19.7. The molecule has 0 radical (unpaired) electrons. The van der Waals surface area contributed by atoms with Crippen molar-refractivity contribution >= 4 is 17.6 Å². The molecule has 0 saturated heterocycles. The summed E-state index contributed by atoms with van der Waals surface area (Å²) in [6.07, 6.45) is 2.23. The lowest BCUT2D eigenvalue weighted by Crippen LogP contribution is -2.42. The summed E-state index contributed by atoms with van der Waals surface area (Å²) in [6, 6.07) is 0.783. The molecule has 28 heavy (non-hydrogen) atoms. The second-order valence-electron chi connectivity index (χ2n) is 6.62. The van der Waals surface area contributed by atoms with Crippen molar-refractivity contribution in [3.63, 3.8) is 0 Å². The maximum atomic E-state index is 13.3. The van der Waals surface area contributed by atoms with Gasteiger partial charge in [0.1, 0.15) is 0 Å². The first-order valence-corrected chi connectivity index (χ1v) is 8.86. The van der Waals surface area contributed by atoms with E-state index in [-0.39, 0.29) is 24.2 Å². The Kier molecular flexibility index (Phi) is 5.57. The first-order valence-electron chi connectivity index (χ1n) is 8.86. The number of aromatic nitrogens is 2. The molecule has 3 rings (SSSR count). The summed E-state index contributed by atoms with van der Waals surface area (Å²) in [5.74, 6) is -4.66. The van der Waals surface area contributed by atoms with Gasteiger partial charge in [-0.2, -0.15) is 5.10 Å². The summed E-state index contributed by atoms with van der Waals surface area (Å²) in [4.78, 5) is 26.3. The van der Waals surface area contributed by atoms with E-state index in [9.17, 15) is 22.8 Å². The number of halogens is 3. The number of nitrogens with one attached hydrogen (secondary N) is 2. The van der Waals surface area contributed by atoms with Gasteiger partial charge in [-0.1, -0.05) is 6.92 Å². The van der Waals surface area contributed by atoms with Crippen LogP contribution in [0.15, 0.2) is 18.3 Å². The van der Waals surface area contributed by atoms with Gasteiger partial charge in [0, 0.05) is 30.4 Å². The van der Waals surface area contributed by atoms with Crippen LogP contribution in [0.2, 0.25) is 0 Å². The Hall–Kier alpha value is -3.04. The normalized spacial score (nSPS) is 14.4. The fourth-order valence-electron chi connectivity index (χ4n) is 2.84. The third-order valence-electron chi connectivity index (χ3n) is 4.63. The number of carbonyl (C=O) groups is 2. The van der Waals surface area contributed by atoms with Crippen LogP contribution in [0.1, 0.15) is 36.3 Å². The molecule has 0 fully saturated rings. The Labute approximate surface area is 159 Å². The molecule has 3 amide bonds. The molecule has 1 aromatic heterocycles. The van der Waals surface area contributed by atoms with E-state index < -0.39 is 23.5 Å². The first-order chi connectivity index (χ1) is 13.3. The molecule has 10 heteroatoms. The van der Waals surface area contributed by atoms with Crippen LogP contribution >= 0.6 is 0 Å². The number of benzene rings is 1. The van der Waals surface area contributed by atoms with Crippen molar-refractivity contribution in [2.75, 3.05) is 11.9 Å². The number of hydrogen-bond acceptors (Lipinski definition) is 3. The van der Waals surface area contributed by atoms with Gasteiger partial charge in [0.25, 0.3) is 5.91 Å². The molecule has 150 valence electrons. The van der Waals surface area contributed by atoms with E-state index >= 15 is 0 Å². The van der Waals surface area contributed by atoms with Crippen molar-refractivity contribution < 1.29 is 22.8 Å². The van der Waals surface area contributed by atoms with Gasteiger partial charge < -0.3 is 15.5 Å². The van der Waals surface area contributed by atoms with Gasteiger partial charge >= 0.3 is 6.03 Å². The molecule has 0 unspecified atom stereocenters. The molecule has 2 N–H and O–H groups in total. The number of hydrogen-bond donors (Lipinski definition) is 2. The van der Waals surface area contributed by atoms with Gasteiger partial charge in [0.2, 0.25) is 0 Å². The van der Waals surface area contributed by atoms with Crippen LogP contribution in [-0.4, -0.2) is 39.2 Å². The number of fused-ring (bicyclic) bond motifs is 1. The third-order valence-corrected chi connectivity index (χ3v) is 4.63. The molecule has 7 nitrogen and oxygen atoms in total. The Morgan fingerprint density at radius 3 is 2.54 bits per heavy atom. The van der Waals surface area contributed by atoms with E-state index in [1.807, 2.05) is 13.8 Å². The maximum absolute atomic E-state index is 13.3. The molecule has 0 spiro atoms. The minimum atomic E-state index is -1.60. The highest BCUT2D eigenvalue weighted by Crippen LogP contribution is 2.20. The van der Waals surface area contributed by atoms with Crippen molar-refractivity contribution in [1.29, 1.82) is 0 Å². The third kappa shape index (κ3) is 3.95. The van der Waals surface area contributed by atoms with Crippen LogP contribution in [-0.2, 0) is 13.1 Å². The van der Waals surface area contributed by atoms with Gasteiger partial charge in [-0.15, -0.1) is 0 Å². The molecule has 1 aliphatic rings. The number of carbonyl (C=O) groups excluding carboxylic acids is 2. The van der Waals surface area contributed by atoms with Crippen molar-refractivity contribution in [2.24, 2.45) is 0 Å². The lowest BCUT2D eigenvalue weighted by Gasteiger charge is -2.28. The molecule has 0 aliphatic carbocycles. The van der Waals surface area contributed by atoms with Gasteiger partial charge in [-0.25, -0.2) is 18.0 Å². The number of anilines is 1. The number of rotatable bonds is 4. The highest BCUT2D eigenvalue weighted by molar-refractivity contribution is 5.95. The van der Waals surface area contributed by atoms with Crippen LogP contribution in [0.25, 0.3) is 0 Å². The second kappa shape index (κ2) is 7.91. The Balaban J connectivity index is 1.73. The van der Waals surface area contributed by atoms with E-state index in [2.05, 4.69) is 15.7 Å². The predicted molar refractivity (Wildman–Crippen MR) is 95.2 cm³/mol. The van der Waals surface area contributed by atoms with Crippen LogP contribution in [0.5, 0.6) is 0 Å². The summed E-state index contributed by atoms with van der Waals surface area (Å²) in [7, 11) is 0. The Morgan fingerprint density at radius 2 is 1.89 bits per heavy atom. The molecular weight excluding hydrogens is 375 g/mol. The van der Waals surface area contributed by atoms with Gasteiger partial charge in [-0.05, 0) is 13.3 Å². The number of urea groups is 1. The predicted octanol–water partition coefficient (Wildman–Crippen LogP) is 2.88. The Morgan fingerprint density at radius 1 is 1.21 bits per heavy atom. The minimum Gasteiger partial charge on any atom is -0.349 e. The van der Waals surface area contributed by atoms with Gasteiger partial charge in [0.15, 0.2) is 17.5 Å². The van der Waals surface area contributed by atoms with Gasteiger partial charge in [0.05, 0.1) is 30.5 Å². The molecular formula is C18H20F3N5O2. The maximum Gasteiger partial charge on any atom is 0.322 e. The van der Waals surface area contributed by atoms with E-state index in [0.29, 0.717) is 36.5 Å². The van der Waals surface area contributed by atoms with Crippen molar-refractivity contribution in [3.8, 4) is 0 Å². The lowest BCUT2D eigenvalue weighted by molar-refractivity contribution is 0.0936. The molecule has 1 aliphatic heterocycles. The molecule has 0 saturated carbocycles. The molecule has 1 aromatic carbocycles. The summed E-state index contributed by atoms with van der Waals surface area (Å²) >= 11 is 0. The highest BCUT2D eigenvalue weighted by Gasteiger charge is 2.27. The topological polar surface area (TPSA) is 79.3 Å². The van der Waals surface area contributed by atoms with E-state index in [4.69, 9.17) is 0 Å². The monoisotopic (exact) mass is 395 g/mol. The molecule has 1 atom stereocenters. The smallest absolute Gasteiger partial charge is 0.322 e. The van der Waals surface area contributed by atoms with Crippen LogP contribution in [0.3, 0.4) is 0 Å². The quantitative estimate of drug-likeness (QED) is 0.782. The highest BCUT2D eigenvalue weighted by atomic mass is 19.2. The number of nitrogens with zero attached hydrogens (tertiary/aromatic N) is 3. The summed E-state index contributed by atoms with van der Waals surface area (Å²) < 4.78 is 41.3. The molecule has 2 aromatic rings. The zero-order valence-corrected chi connectivity index (χ0v) is 15.4. The zero-order valence-electron chi connectivity index (χ0n) is 15.4. The van der Waals surface area contributed by atoms with Crippen molar-refractivity contribution in [1.82, 2.24) is 20.0 Å². The lowest BCUT2D eigenvalue weighted by atomic mass is 10.1. The average molecular weight is 395 g/mol. The zero-order chi connectivity index (χ0) is 20.4. The standard InChI is InChI=1S/C18H20F3N5O2/c1-3-10(2)23-17(27)12-8-22-26-5-4-25(9-15(12)26)18(28)24-11-6-13(19)16(21)14(20)7-11/h6-8,10H,3-5,9H2,1-2H3,(H,23,27)(H,24,28)/t10-/m1/s1. The summed E-state index contributed by atoms with van der Waals surface area (Å²) in [5, 5.41) is 9.38. The van der Waals surface area contributed by atoms with Crippen LogP contribution in [0, 0.1) is 17.5 Å².